The van der Waals surface area contributed by atoms with Gasteiger partial charge in [-0.15, -0.1) is 6.42 Å². The molecule has 15 heteroatoms. The SMILES string of the molecule is C#CC1(F)C(O)[C@@H](CO[P@](=O)(Oc2ccccc2)O[C@@H](C)C(=O)OC(C)C)O[C@H]1n1ncc(N)nc1=O. The highest BCUT2D eigenvalue weighted by Crippen LogP contribution is 2.52. The van der Waals surface area contributed by atoms with E-state index in [1.54, 1.807) is 38.0 Å². The van der Waals surface area contributed by atoms with Crippen molar-refractivity contribution in [2.45, 2.75) is 57.1 Å². The third-order valence-electron chi connectivity index (χ3n) is 4.95. The monoisotopic (exact) mass is 540 g/mol. The van der Waals surface area contributed by atoms with Gasteiger partial charge >= 0.3 is 19.5 Å². The fourth-order valence-corrected chi connectivity index (χ4v) is 4.56. The first kappa shape index (κ1) is 28.2. The molecule has 1 aromatic heterocycles. The standard InChI is InChI=1S/C22H26FN4O9P/c1-5-22(23)18(28)16(34-20(22)27-21(30)26-17(24)11-25-27)12-32-37(31,36-15-9-7-6-8-10-15)35-14(4)19(29)33-13(2)3/h1,6-11,13-14,16,18,20,28H,12H2,2-4H3,(H2,24,26,30)/t14-,16+,18?,20+,22?,37-/m0/s1. The molecule has 6 atom stereocenters. The van der Waals surface area contributed by atoms with E-state index in [1.165, 1.54) is 19.1 Å². The fourth-order valence-electron chi connectivity index (χ4n) is 3.22. The largest absolute Gasteiger partial charge is 0.530 e. The molecule has 2 aromatic rings. The van der Waals surface area contributed by atoms with Crippen LogP contribution in [0.25, 0.3) is 0 Å². The van der Waals surface area contributed by atoms with E-state index in [4.69, 9.17) is 35.2 Å². The first-order valence-electron chi connectivity index (χ1n) is 11.0. The minimum absolute atomic E-state index is 0.0631. The Balaban J connectivity index is 1.83. The van der Waals surface area contributed by atoms with Crippen LogP contribution in [0.15, 0.2) is 41.3 Å². The first-order chi connectivity index (χ1) is 17.4. The number of hydrogen-bond acceptors (Lipinski definition) is 12. The van der Waals surface area contributed by atoms with Crippen LogP contribution < -0.4 is 15.9 Å². The first-order valence-corrected chi connectivity index (χ1v) is 12.4. The molecule has 3 rings (SSSR count). The molecule has 0 amide bonds. The summed E-state index contributed by atoms with van der Waals surface area (Å²) in [5.41, 5.74) is 1.36. The molecule has 2 heterocycles. The fraction of sp³-hybridized carbons (Fsp3) is 0.455. The lowest BCUT2D eigenvalue weighted by Crippen LogP contribution is -2.45. The minimum atomic E-state index is -4.61. The smallest absolute Gasteiger partial charge is 0.461 e. The van der Waals surface area contributed by atoms with Crippen LogP contribution in [0.4, 0.5) is 10.2 Å². The number of nitrogen functional groups attached to an aromatic ring is 1. The molecule has 1 aliphatic heterocycles. The van der Waals surface area contributed by atoms with Gasteiger partial charge in [0, 0.05) is 0 Å². The molecule has 0 aliphatic carbocycles. The lowest BCUT2D eigenvalue weighted by molar-refractivity contribution is -0.156. The van der Waals surface area contributed by atoms with Gasteiger partial charge in [0.15, 0.2) is 6.10 Å². The number of nitrogens with zero attached hydrogens (tertiary/aromatic N) is 3. The van der Waals surface area contributed by atoms with E-state index in [1.807, 2.05) is 0 Å². The van der Waals surface area contributed by atoms with E-state index in [-0.39, 0.29) is 11.6 Å². The van der Waals surface area contributed by atoms with Crippen LogP contribution in [0.5, 0.6) is 5.75 Å². The van der Waals surface area contributed by atoms with Crippen molar-refractivity contribution in [1.29, 1.82) is 0 Å². The average Bonchev–Trinajstić information content (AvgIpc) is 3.08. The Bertz CT molecular complexity index is 1250. The second-order valence-electron chi connectivity index (χ2n) is 8.17. The topological polar surface area (TPSA) is 174 Å². The van der Waals surface area contributed by atoms with E-state index < -0.39 is 62.4 Å². The van der Waals surface area contributed by atoms with Gasteiger partial charge in [0.25, 0.3) is 0 Å². The molecule has 2 unspecified atom stereocenters. The second kappa shape index (κ2) is 11.4. The molecule has 0 saturated carbocycles. The number of para-hydroxylation sites is 1. The van der Waals surface area contributed by atoms with Gasteiger partial charge in [0.05, 0.1) is 18.9 Å². The van der Waals surface area contributed by atoms with Crippen LogP contribution in [0.2, 0.25) is 0 Å². The summed E-state index contributed by atoms with van der Waals surface area (Å²) < 4.78 is 56.0. The maximum absolute atomic E-state index is 15.6. The highest BCUT2D eigenvalue weighted by Gasteiger charge is 2.59. The molecule has 1 fully saturated rings. The quantitative estimate of drug-likeness (QED) is 0.252. The van der Waals surface area contributed by atoms with Crippen molar-refractivity contribution in [3.05, 3.63) is 47.0 Å². The van der Waals surface area contributed by atoms with Gasteiger partial charge in [-0.2, -0.15) is 14.8 Å². The van der Waals surface area contributed by atoms with Gasteiger partial charge in [-0.05, 0) is 32.9 Å². The van der Waals surface area contributed by atoms with Crippen molar-refractivity contribution in [2.75, 3.05) is 12.3 Å². The number of anilines is 1. The number of benzene rings is 1. The van der Waals surface area contributed by atoms with Gasteiger partial charge in [0.2, 0.25) is 11.9 Å². The number of hydrogen-bond donors (Lipinski definition) is 2. The van der Waals surface area contributed by atoms with Crippen LogP contribution in [0, 0.1) is 12.3 Å². The summed E-state index contributed by atoms with van der Waals surface area (Å²) in [4.78, 5) is 27.8. The number of rotatable bonds is 10. The van der Waals surface area contributed by atoms with Gasteiger partial charge < -0.3 is 24.8 Å². The summed E-state index contributed by atoms with van der Waals surface area (Å²) in [6.45, 7) is 3.70. The van der Waals surface area contributed by atoms with Crippen molar-refractivity contribution in [3.8, 4) is 18.1 Å². The number of terminal acetylenes is 1. The number of aliphatic hydroxyl groups excluding tert-OH is 1. The predicted octanol–water partition coefficient (Wildman–Crippen LogP) is 1.38. The molecule has 3 N–H and O–H groups in total. The van der Waals surface area contributed by atoms with Gasteiger partial charge in [-0.25, -0.2) is 18.5 Å². The Labute approximate surface area is 211 Å². The number of aliphatic hydroxyl groups is 1. The van der Waals surface area contributed by atoms with E-state index in [0.717, 1.165) is 6.20 Å². The average molecular weight is 540 g/mol. The van der Waals surface area contributed by atoms with E-state index in [2.05, 4.69) is 10.1 Å². The lowest BCUT2D eigenvalue weighted by atomic mass is 9.97. The number of nitrogens with two attached hydrogens (primary N) is 1. The summed E-state index contributed by atoms with van der Waals surface area (Å²) in [6, 6.07) is 7.74. The maximum Gasteiger partial charge on any atom is 0.530 e. The molecule has 37 heavy (non-hydrogen) atoms. The molecule has 0 radical (unpaired) electrons. The zero-order valence-electron chi connectivity index (χ0n) is 20.1. The zero-order chi connectivity index (χ0) is 27.4. The molecule has 0 spiro atoms. The number of carbonyl (C=O) groups excluding carboxylic acids is 1. The number of phosphoric acid groups is 1. The van der Waals surface area contributed by atoms with E-state index >= 15 is 4.39 Å². The van der Waals surface area contributed by atoms with Gasteiger partial charge in [0.1, 0.15) is 23.8 Å². The summed E-state index contributed by atoms with van der Waals surface area (Å²) >= 11 is 0. The second-order valence-corrected chi connectivity index (χ2v) is 9.72. The zero-order valence-corrected chi connectivity index (χ0v) is 21.0. The maximum atomic E-state index is 15.6. The van der Waals surface area contributed by atoms with Crippen LogP contribution in [-0.4, -0.2) is 62.5 Å². The van der Waals surface area contributed by atoms with Crippen LogP contribution in [0.3, 0.4) is 0 Å². The summed E-state index contributed by atoms with van der Waals surface area (Å²) in [5.74, 6) is 0.753. The Kier molecular flexibility index (Phi) is 8.68. The summed E-state index contributed by atoms with van der Waals surface area (Å²) in [7, 11) is -4.61. The van der Waals surface area contributed by atoms with Gasteiger partial charge in [-0.1, -0.05) is 24.1 Å². The summed E-state index contributed by atoms with van der Waals surface area (Å²) in [5, 5.41) is 14.3. The van der Waals surface area contributed by atoms with Crippen molar-refractivity contribution < 1.29 is 41.9 Å². The Morgan fingerprint density at radius 3 is 2.65 bits per heavy atom. The highest BCUT2D eigenvalue weighted by molar-refractivity contribution is 7.49. The molecular formula is C22H26FN4O9P. The van der Waals surface area contributed by atoms with Crippen molar-refractivity contribution in [2.24, 2.45) is 0 Å². The van der Waals surface area contributed by atoms with Crippen LogP contribution in [0.1, 0.15) is 27.0 Å². The normalized spacial score (nSPS) is 25.7. The number of halogens is 1. The third-order valence-corrected chi connectivity index (χ3v) is 6.43. The lowest BCUT2D eigenvalue weighted by Gasteiger charge is -2.24. The molecule has 1 aliphatic rings. The van der Waals surface area contributed by atoms with Crippen molar-refractivity contribution in [1.82, 2.24) is 14.8 Å². The van der Waals surface area contributed by atoms with Crippen LogP contribution >= 0.6 is 7.82 Å². The third kappa shape index (κ3) is 6.51. The van der Waals surface area contributed by atoms with Crippen molar-refractivity contribution >= 4 is 19.6 Å². The Morgan fingerprint density at radius 1 is 1.38 bits per heavy atom. The van der Waals surface area contributed by atoms with Crippen LogP contribution in [-0.2, 0) is 27.9 Å². The number of esters is 1. The number of phosphoric ester groups is 1. The minimum Gasteiger partial charge on any atom is -0.461 e. The number of ether oxygens (including phenoxy) is 2. The van der Waals surface area contributed by atoms with Crippen molar-refractivity contribution in [3.63, 3.8) is 0 Å². The number of alkyl halides is 1. The molecule has 1 saturated heterocycles. The molecule has 0 bridgehead atoms. The highest BCUT2D eigenvalue weighted by atomic mass is 31.2. The molecule has 1 aromatic carbocycles. The van der Waals surface area contributed by atoms with E-state index in [9.17, 15) is 19.3 Å². The Hall–Kier alpha value is -3.34. The molecule has 200 valence electrons. The van der Waals surface area contributed by atoms with E-state index in [0.29, 0.717) is 4.68 Å². The number of aromatic nitrogens is 3. The summed E-state index contributed by atoms with van der Waals surface area (Å²) in [6.07, 6.45) is -1.17. The molecular weight excluding hydrogens is 514 g/mol. The predicted molar refractivity (Wildman–Crippen MR) is 126 cm³/mol. The molecule has 13 nitrogen and oxygen atoms in total. The Morgan fingerprint density at radius 2 is 2.05 bits per heavy atom. The van der Waals surface area contributed by atoms with Gasteiger partial charge in [-0.3, -0.25) is 9.05 Å². The number of carbonyl (C=O) groups is 1.